The minimum Gasteiger partial charge on any atom is -0.396 e. The van der Waals surface area contributed by atoms with Crippen LogP contribution in [0.2, 0.25) is 10.0 Å². The summed E-state index contributed by atoms with van der Waals surface area (Å²) in [4.78, 5) is 17.2. The first-order valence-electron chi connectivity index (χ1n) is 9.50. The van der Waals surface area contributed by atoms with Gasteiger partial charge in [-0.25, -0.2) is 17.7 Å². The summed E-state index contributed by atoms with van der Waals surface area (Å²) >= 11 is 12.0. The van der Waals surface area contributed by atoms with Gasteiger partial charge < -0.3 is 15.6 Å². The molecule has 0 saturated carbocycles. The van der Waals surface area contributed by atoms with E-state index in [1.807, 2.05) is 11.5 Å². The largest absolute Gasteiger partial charge is 0.396 e. The Morgan fingerprint density at radius 1 is 1.19 bits per heavy atom. The number of fused-ring (bicyclic) bond motifs is 1. The average molecular weight is 484 g/mol. The van der Waals surface area contributed by atoms with Crippen LogP contribution in [0.1, 0.15) is 19.2 Å². The summed E-state index contributed by atoms with van der Waals surface area (Å²) in [5.74, 6) is 0.461. The molecule has 0 saturated heterocycles. The number of sulfonamides is 1. The second-order valence-electron chi connectivity index (χ2n) is 7.11. The van der Waals surface area contributed by atoms with Gasteiger partial charge in [-0.1, -0.05) is 23.2 Å². The molecule has 3 rings (SSSR count). The zero-order chi connectivity index (χ0) is 22.9. The van der Waals surface area contributed by atoms with E-state index in [-0.39, 0.29) is 33.0 Å². The summed E-state index contributed by atoms with van der Waals surface area (Å²) in [7, 11) is -0.596. The van der Waals surface area contributed by atoms with Gasteiger partial charge in [-0.3, -0.25) is 4.79 Å². The van der Waals surface area contributed by atoms with E-state index in [1.165, 1.54) is 26.2 Å². The smallest absolute Gasteiger partial charge is 0.242 e. The van der Waals surface area contributed by atoms with Crippen LogP contribution in [-0.2, 0) is 27.8 Å². The summed E-state index contributed by atoms with van der Waals surface area (Å²) in [6.45, 7) is 2.60. The number of imidazole rings is 1. The van der Waals surface area contributed by atoms with Crippen LogP contribution in [0.15, 0.2) is 35.2 Å². The number of carbonyl (C=O) groups is 1. The molecule has 0 aliphatic carbocycles. The maximum absolute atomic E-state index is 12.4. The number of carbonyl (C=O) groups excluding carboxylic acids is 1. The highest BCUT2D eigenvalue weighted by molar-refractivity contribution is 7.89. The minimum absolute atomic E-state index is 0.172. The molecule has 0 spiro atoms. The number of nitrogens with one attached hydrogen (secondary N) is 1. The molecular weight excluding hydrogens is 461 g/mol. The van der Waals surface area contributed by atoms with Gasteiger partial charge >= 0.3 is 0 Å². The van der Waals surface area contributed by atoms with Crippen molar-refractivity contribution in [3.05, 3.63) is 46.2 Å². The van der Waals surface area contributed by atoms with Crippen LogP contribution in [0.25, 0.3) is 11.0 Å². The quantitative estimate of drug-likeness (QED) is 0.496. The SMILES string of the molecule is CCn1c(CCC(=O)Nc2cc(Cl)c(N)c(Cl)c2)nc2cc(S(=O)(=O)N(C)C)ccc21. The Balaban J connectivity index is 1.80. The van der Waals surface area contributed by atoms with Gasteiger partial charge in [0.05, 0.1) is 31.7 Å². The first kappa shape index (κ1) is 23.3. The molecule has 0 unspecified atom stereocenters. The molecule has 1 heterocycles. The van der Waals surface area contributed by atoms with Gasteiger partial charge in [-0.2, -0.15) is 0 Å². The molecule has 3 N–H and O–H groups in total. The number of nitrogens with two attached hydrogens (primary N) is 1. The number of aryl methyl sites for hydroxylation is 2. The van der Waals surface area contributed by atoms with E-state index in [9.17, 15) is 13.2 Å². The molecule has 0 aliphatic heterocycles. The fraction of sp³-hybridized carbons (Fsp3) is 0.300. The van der Waals surface area contributed by atoms with Crippen molar-refractivity contribution < 1.29 is 13.2 Å². The Morgan fingerprint density at radius 2 is 1.84 bits per heavy atom. The number of nitrogens with zero attached hydrogens (tertiary/aromatic N) is 3. The van der Waals surface area contributed by atoms with E-state index >= 15 is 0 Å². The molecule has 31 heavy (non-hydrogen) atoms. The van der Waals surface area contributed by atoms with Crippen molar-refractivity contribution in [1.82, 2.24) is 13.9 Å². The third-order valence-electron chi connectivity index (χ3n) is 4.83. The van der Waals surface area contributed by atoms with Crippen molar-refractivity contribution in [2.24, 2.45) is 0 Å². The fourth-order valence-electron chi connectivity index (χ4n) is 3.18. The summed E-state index contributed by atoms with van der Waals surface area (Å²) in [5, 5.41) is 3.27. The summed E-state index contributed by atoms with van der Waals surface area (Å²) in [6.07, 6.45) is 0.548. The minimum atomic E-state index is -3.56. The number of amides is 1. The van der Waals surface area contributed by atoms with Gasteiger partial charge in [0.25, 0.3) is 0 Å². The Bertz CT molecular complexity index is 1230. The predicted octanol–water partition coefficient (Wildman–Crippen LogP) is 3.77. The van der Waals surface area contributed by atoms with Crippen LogP contribution in [0.5, 0.6) is 0 Å². The lowest BCUT2D eigenvalue weighted by atomic mass is 10.2. The number of halogens is 2. The second kappa shape index (κ2) is 9.04. The molecule has 11 heteroatoms. The van der Waals surface area contributed by atoms with Crippen molar-refractivity contribution in [2.45, 2.75) is 31.2 Å². The van der Waals surface area contributed by atoms with E-state index in [2.05, 4.69) is 10.3 Å². The molecule has 0 bridgehead atoms. The zero-order valence-corrected chi connectivity index (χ0v) is 19.6. The number of hydrogen-bond donors (Lipinski definition) is 2. The number of benzene rings is 2. The second-order valence-corrected chi connectivity index (χ2v) is 10.1. The maximum Gasteiger partial charge on any atom is 0.242 e. The van der Waals surface area contributed by atoms with Crippen LogP contribution < -0.4 is 11.1 Å². The van der Waals surface area contributed by atoms with Gasteiger partial charge in [0.15, 0.2) is 0 Å². The van der Waals surface area contributed by atoms with Gasteiger partial charge in [0.2, 0.25) is 15.9 Å². The standard InChI is InChI=1S/C20H23Cl2N5O3S/c1-4-27-17-6-5-13(31(29,30)26(2)3)11-16(17)25-18(27)7-8-19(28)24-12-9-14(21)20(23)15(22)10-12/h5-6,9-11H,4,7-8,23H2,1-3H3,(H,24,28). The molecular formula is C20H23Cl2N5O3S. The van der Waals surface area contributed by atoms with Crippen LogP contribution in [0, 0.1) is 0 Å². The number of hydrogen-bond acceptors (Lipinski definition) is 5. The van der Waals surface area contributed by atoms with Crippen molar-refractivity contribution in [3.63, 3.8) is 0 Å². The zero-order valence-electron chi connectivity index (χ0n) is 17.3. The Hall–Kier alpha value is -2.33. The summed E-state index contributed by atoms with van der Waals surface area (Å²) < 4.78 is 27.9. The first-order valence-corrected chi connectivity index (χ1v) is 11.7. The molecule has 8 nitrogen and oxygen atoms in total. The number of anilines is 2. The van der Waals surface area contributed by atoms with Gasteiger partial charge in [0, 0.05) is 39.2 Å². The Labute approximate surface area is 191 Å². The maximum atomic E-state index is 12.4. The lowest BCUT2D eigenvalue weighted by molar-refractivity contribution is -0.116. The van der Waals surface area contributed by atoms with Crippen LogP contribution in [0.3, 0.4) is 0 Å². The van der Waals surface area contributed by atoms with Crippen molar-refractivity contribution in [1.29, 1.82) is 0 Å². The van der Waals surface area contributed by atoms with Crippen LogP contribution in [0.4, 0.5) is 11.4 Å². The number of aromatic nitrogens is 2. The topological polar surface area (TPSA) is 110 Å². The van der Waals surface area contributed by atoms with E-state index in [0.29, 0.717) is 30.0 Å². The first-order chi connectivity index (χ1) is 14.5. The monoisotopic (exact) mass is 483 g/mol. The van der Waals surface area contributed by atoms with Gasteiger partial charge in [0.1, 0.15) is 5.82 Å². The molecule has 1 amide bonds. The van der Waals surface area contributed by atoms with Crippen LogP contribution in [-0.4, -0.2) is 42.3 Å². The third kappa shape index (κ3) is 4.79. The average Bonchev–Trinajstić information content (AvgIpc) is 3.06. The fourth-order valence-corrected chi connectivity index (χ4v) is 4.59. The number of nitrogen functional groups attached to an aromatic ring is 1. The van der Waals surface area contributed by atoms with Crippen molar-refractivity contribution in [3.8, 4) is 0 Å². The normalized spacial score (nSPS) is 11.9. The Kier molecular flexibility index (Phi) is 6.80. The summed E-state index contributed by atoms with van der Waals surface area (Å²) in [5.41, 5.74) is 7.80. The Morgan fingerprint density at radius 3 is 2.42 bits per heavy atom. The molecule has 0 aliphatic rings. The molecule has 3 aromatic rings. The van der Waals surface area contributed by atoms with E-state index in [0.717, 1.165) is 9.82 Å². The van der Waals surface area contributed by atoms with E-state index < -0.39 is 10.0 Å². The van der Waals surface area contributed by atoms with Crippen LogP contribution >= 0.6 is 23.2 Å². The van der Waals surface area contributed by atoms with Crippen molar-refractivity contribution >= 4 is 61.5 Å². The third-order valence-corrected chi connectivity index (χ3v) is 7.27. The highest BCUT2D eigenvalue weighted by atomic mass is 35.5. The van der Waals surface area contributed by atoms with E-state index in [1.54, 1.807) is 18.2 Å². The molecule has 2 aromatic carbocycles. The molecule has 166 valence electrons. The molecule has 0 atom stereocenters. The number of rotatable bonds is 7. The molecule has 0 fully saturated rings. The van der Waals surface area contributed by atoms with Crippen molar-refractivity contribution in [2.75, 3.05) is 25.1 Å². The summed E-state index contributed by atoms with van der Waals surface area (Å²) in [6, 6.07) is 7.93. The van der Waals surface area contributed by atoms with E-state index in [4.69, 9.17) is 28.9 Å². The predicted molar refractivity (Wildman–Crippen MR) is 124 cm³/mol. The lowest BCUT2D eigenvalue weighted by Gasteiger charge is -2.11. The molecule has 1 aromatic heterocycles. The van der Waals surface area contributed by atoms with Gasteiger partial charge in [-0.05, 0) is 37.3 Å². The highest BCUT2D eigenvalue weighted by Crippen LogP contribution is 2.31. The highest BCUT2D eigenvalue weighted by Gasteiger charge is 2.20. The molecule has 0 radical (unpaired) electrons. The lowest BCUT2D eigenvalue weighted by Crippen LogP contribution is -2.22. The van der Waals surface area contributed by atoms with Gasteiger partial charge in [-0.15, -0.1) is 0 Å².